The van der Waals surface area contributed by atoms with Crippen LogP contribution < -0.4 is 15.5 Å². The van der Waals surface area contributed by atoms with Crippen LogP contribution in [0, 0.1) is 12.7 Å². The lowest BCUT2D eigenvalue weighted by Gasteiger charge is -2.27. The summed E-state index contributed by atoms with van der Waals surface area (Å²) in [5.74, 6) is -0.0385. The monoisotopic (exact) mass is 391 g/mol. The molecule has 0 aliphatic carbocycles. The molecule has 1 aromatic carbocycles. The zero-order valence-corrected chi connectivity index (χ0v) is 16.2. The molecular formula is C22H22FN5O. The van der Waals surface area contributed by atoms with E-state index in [0.29, 0.717) is 12.4 Å². The summed E-state index contributed by atoms with van der Waals surface area (Å²) in [5.41, 5.74) is 3.78. The second-order valence-corrected chi connectivity index (χ2v) is 7.01. The summed E-state index contributed by atoms with van der Waals surface area (Å²) in [5, 5.41) is 5.99. The summed E-state index contributed by atoms with van der Waals surface area (Å²) in [4.78, 5) is 23.1. The molecule has 148 valence electrons. The van der Waals surface area contributed by atoms with E-state index in [1.807, 2.05) is 37.3 Å². The molecule has 0 fully saturated rings. The van der Waals surface area contributed by atoms with Gasteiger partial charge in [0.1, 0.15) is 0 Å². The summed E-state index contributed by atoms with van der Waals surface area (Å²) in [7, 11) is 0. The lowest BCUT2D eigenvalue weighted by Crippen LogP contribution is -2.38. The number of hydrogen-bond acceptors (Lipinski definition) is 4. The van der Waals surface area contributed by atoms with Gasteiger partial charge in [0.15, 0.2) is 11.6 Å². The number of anilines is 3. The fraction of sp³-hybridized carbons (Fsp3) is 0.227. The van der Waals surface area contributed by atoms with Crippen molar-refractivity contribution in [3.8, 4) is 11.3 Å². The molecule has 0 bridgehead atoms. The van der Waals surface area contributed by atoms with Gasteiger partial charge in [0.25, 0.3) is 0 Å². The third kappa shape index (κ3) is 4.18. The van der Waals surface area contributed by atoms with Gasteiger partial charge in [-0.05, 0) is 44.0 Å². The van der Waals surface area contributed by atoms with Gasteiger partial charge < -0.3 is 10.6 Å². The van der Waals surface area contributed by atoms with E-state index in [4.69, 9.17) is 4.98 Å². The highest BCUT2D eigenvalue weighted by Gasteiger charge is 2.23. The van der Waals surface area contributed by atoms with Gasteiger partial charge >= 0.3 is 6.03 Å². The molecule has 3 heterocycles. The van der Waals surface area contributed by atoms with Crippen LogP contribution >= 0.6 is 0 Å². The molecule has 7 heteroatoms. The molecule has 1 aliphatic rings. The number of aryl methyl sites for hydroxylation is 1. The minimum absolute atomic E-state index is 0.0939. The summed E-state index contributed by atoms with van der Waals surface area (Å²) in [6.45, 7) is 3.34. The molecule has 2 aromatic heterocycles. The zero-order valence-electron chi connectivity index (χ0n) is 16.2. The third-order valence-electron chi connectivity index (χ3n) is 4.83. The van der Waals surface area contributed by atoms with Gasteiger partial charge in [-0.1, -0.05) is 23.8 Å². The molecule has 2 N–H and O–H groups in total. The number of aromatic nitrogens is 2. The maximum atomic E-state index is 14.0. The predicted octanol–water partition coefficient (Wildman–Crippen LogP) is 4.84. The Bertz CT molecular complexity index is 1040. The Labute approximate surface area is 168 Å². The Balaban J connectivity index is 1.71. The predicted molar refractivity (Wildman–Crippen MR) is 113 cm³/mol. The van der Waals surface area contributed by atoms with Gasteiger partial charge in [-0.3, -0.25) is 9.88 Å². The average molecular weight is 391 g/mol. The largest absolute Gasteiger partial charge is 0.382 e. The quantitative estimate of drug-likeness (QED) is 0.656. The van der Waals surface area contributed by atoms with Crippen molar-refractivity contribution in [1.29, 1.82) is 0 Å². The second kappa shape index (κ2) is 8.26. The highest BCUT2D eigenvalue weighted by atomic mass is 19.1. The summed E-state index contributed by atoms with van der Waals surface area (Å²) < 4.78 is 14.0. The average Bonchev–Trinajstić information content (AvgIpc) is 2.70. The van der Waals surface area contributed by atoms with E-state index >= 15 is 0 Å². The van der Waals surface area contributed by atoms with Crippen LogP contribution in [0.5, 0.6) is 0 Å². The maximum absolute atomic E-state index is 14.0. The molecular weight excluding hydrogens is 369 g/mol. The Morgan fingerprint density at radius 1 is 1.21 bits per heavy atom. The van der Waals surface area contributed by atoms with Crippen molar-refractivity contribution in [3.63, 3.8) is 0 Å². The van der Waals surface area contributed by atoms with Crippen LogP contribution in [-0.2, 0) is 0 Å². The van der Waals surface area contributed by atoms with E-state index in [1.54, 1.807) is 4.90 Å². The minimum atomic E-state index is -0.576. The van der Waals surface area contributed by atoms with E-state index in [1.165, 1.54) is 12.3 Å². The van der Waals surface area contributed by atoms with Gasteiger partial charge in [-0.25, -0.2) is 14.2 Å². The van der Waals surface area contributed by atoms with E-state index in [0.717, 1.165) is 48.1 Å². The molecule has 0 radical (unpaired) electrons. The lowest BCUT2D eigenvalue weighted by atomic mass is 10.1. The standard InChI is InChI=1S/C22H22FN5O/c1-15-5-4-6-16(13-15)18-7-8-20-21(26-18)28(12-3-2-10-25-20)22(29)27-19-9-11-24-14-17(19)23/h4-9,11,13-14,25H,2-3,10,12H2,1H3,(H,24,27,29). The van der Waals surface area contributed by atoms with Crippen LogP contribution in [0.1, 0.15) is 18.4 Å². The fourth-order valence-corrected chi connectivity index (χ4v) is 3.34. The minimum Gasteiger partial charge on any atom is -0.382 e. The summed E-state index contributed by atoms with van der Waals surface area (Å²) in [6, 6.07) is 13.0. The Hall–Kier alpha value is -3.48. The SMILES string of the molecule is Cc1cccc(-c2ccc3c(n2)N(C(=O)Nc2ccncc2F)CCCCN3)c1. The number of amides is 2. The van der Waals surface area contributed by atoms with Crippen LogP contribution in [0.15, 0.2) is 54.9 Å². The van der Waals surface area contributed by atoms with Crippen molar-refractivity contribution in [3.05, 3.63) is 66.2 Å². The van der Waals surface area contributed by atoms with Gasteiger partial charge in [0.2, 0.25) is 0 Å². The third-order valence-corrected chi connectivity index (χ3v) is 4.83. The molecule has 0 saturated heterocycles. The van der Waals surface area contributed by atoms with Crippen molar-refractivity contribution in [2.24, 2.45) is 0 Å². The van der Waals surface area contributed by atoms with Crippen molar-refractivity contribution < 1.29 is 9.18 Å². The van der Waals surface area contributed by atoms with E-state index in [9.17, 15) is 9.18 Å². The first-order valence-corrected chi connectivity index (χ1v) is 9.62. The van der Waals surface area contributed by atoms with Crippen molar-refractivity contribution in [2.75, 3.05) is 28.6 Å². The van der Waals surface area contributed by atoms with Crippen LogP contribution in [-0.4, -0.2) is 29.1 Å². The van der Waals surface area contributed by atoms with Crippen LogP contribution in [0.2, 0.25) is 0 Å². The Morgan fingerprint density at radius 2 is 2.10 bits per heavy atom. The number of halogens is 1. The Kier molecular flexibility index (Phi) is 5.37. The number of benzene rings is 1. The first-order valence-electron chi connectivity index (χ1n) is 9.62. The molecule has 3 aromatic rings. The summed E-state index contributed by atoms with van der Waals surface area (Å²) in [6.07, 6.45) is 4.25. The molecule has 29 heavy (non-hydrogen) atoms. The van der Waals surface area contributed by atoms with Crippen molar-refractivity contribution in [2.45, 2.75) is 19.8 Å². The number of pyridine rings is 2. The maximum Gasteiger partial charge on any atom is 0.327 e. The molecule has 2 amide bonds. The summed E-state index contributed by atoms with van der Waals surface area (Å²) >= 11 is 0. The number of carbonyl (C=O) groups is 1. The zero-order chi connectivity index (χ0) is 20.2. The Morgan fingerprint density at radius 3 is 2.93 bits per heavy atom. The number of fused-ring (bicyclic) bond motifs is 1. The van der Waals surface area contributed by atoms with Crippen LogP contribution in [0.4, 0.5) is 26.4 Å². The number of hydrogen-bond donors (Lipinski definition) is 2. The molecule has 0 spiro atoms. The fourth-order valence-electron chi connectivity index (χ4n) is 3.34. The van der Waals surface area contributed by atoms with E-state index < -0.39 is 11.8 Å². The van der Waals surface area contributed by atoms with E-state index in [2.05, 4.69) is 21.7 Å². The van der Waals surface area contributed by atoms with Gasteiger partial charge in [-0.2, -0.15) is 0 Å². The smallest absolute Gasteiger partial charge is 0.327 e. The highest BCUT2D eigenvalue weighted by molar-refractivity contribution is 6.03. The van der Waals surface area contributed by atoms with Gasteiger partial charge in [-0.15, -0.1) is 0 Å². The molecule has 0 unspecified atom stereocenters. The van der Waals surface area contributed by atoms with Crippen molar-refractivity contribution >= 4 is 23.2 Å². The number of urea groups is 1. The molecule has 6 nitrogen and oxygen atoms in total. The number of rotatable bonds is 2. The van der Waals surface area contributed by atoms with Crippen LogP contribution in [0.3, 0.4) is 0 Å². The van der Waals surface area contributed by atoms with Crippen LogP contribution in [0.25, 0.3) is 11.3 Å². The molecule has 0 atom stereocenters. The number of nitrogens with zero attached hydrogens (tertiary/aromatic N) is 3. The van der Waals surface area contributed by atoms with Gasteiger partial charge in [0, 0.05) is 24.8 Å². The normalized spacial score (nSPS) is 13.7. The molecule has 1 aliphatic heterocycles. The molecule has 0 saturated carbocycles. The van der Waals surface area contributed by atoms with Gasteiger partial charge in [0.05, 0.1) is 23.3 Å². The van der Waals surface area contributed by atoms with Crippen molar-refractivity contribution in [1.82, 2.24) is 9.97 Å². The first-order chi connectivity index (χ1) is 14.1. The van der Waals surface area contributed by atoms with E-state index in [-0.39, 0.29) is 5.69 Å². The second-order valence-electron chi connectivity index (χ2n) is 7.01. The topological polar surface area (TPSA) is 70.2 Å². The lowest BCUT2D eigenvalue weighted by molar-refractivity contribution is 0.256. The molecule has 4 rings (SSSR count). The number of nitrogens with one attached hydrogen (secondary N) is 2. The first kappa shape index (κ1) is 18.9. The number of carbonyl (C=O) groups excluding carboxylic acids is 1. The highest BCUT2D eigenvalue weighted by Crippen LogP contribution is 2.30.